The lowest BCUT2D eigenvalue weighted by Crippen LogP contribution is -2.07. The summed E-state index contributed by atoms with van der Waals surface area (Å²) in [4.78, 5) is 17.0. The Balaban J connectivity index is 1.47. The van der Waals surface area contributed by atoms with Crippen LogP contribution in [0.25, 0.3) is 28.6 Å². The van der Waals surface area contributed by atoms with E-state index in [1.807, 2.05) is 54.6 Å². The van der Waals surface area contributed by atoms with Gasteiger partial charge in [0.05, 0.1) is 11.6 Å². The highest BCUT2D eigenvalue weighted by atomic mass is 79.9. The Morgan fingerprint density at radius 1 is 1.12 bits per heavy atom. The molecule has 0 saturated carbocycles. The van der Waals surface area contributed by atoms with Crippen molar-refractivity contribution in [2.75, 3.05) is 12.4 Å². The maximum atomic E-state index is 12.4. The molecule has 1 N–H and O–H groups in total. The number of hydrogen-bond donors (Lipinski definition) is 1. The van der Waals surface area contributed by atoms with Crippen LogP contribution in [0, 0.1) is 0 Å². The Bertz CT molecular complexity index is 1310. The molecule has 0 aliphatic rings. The van der Waals surface area contributed by atoms with Crippen LogP contribution in [0.5, 0.6) is 5.75 Å². The van der Waals surface area contributed by atoms with Crippen molar-refractivity contribution in [1.29, 1.82) is 0 Å². The zero-order chi connectivity index (χ0) is 22.7. The number of carbonyl (C=O) groups is 1. The number of amides is 1. The molecule has 0 unspecified atom stereocenters. The van der Waals surface area contributed by atoms with Crippen LogP contribution < -0.4 is 10.1 Å². The number of aromatic nitrogens is 1. The van der Waals surface area contributed by atoms with Gasteiger partial charge in [0, 0.05) is 27.4 Å². The topological polar surface area (TPSA) is 64.4 Å². The smallest absolute Gasteiger partial charge is 0.248 e. The maximum Gasteiger partial charge on any atom is 0.248 e. The van der Waals surface area contributed by atoms with Crippen molar-refractivity contribution in [2.45, 2.75) is 13.3 Å². The Kier molecular flexibility index (Phi) is 6.77. The molecule has 0 spiro atoms. The Labute approximate surface area is 202 Å². The molecule has 0 fully saturated rings. The first kappa shape index (κ1) is 22.3. The van der Waals surface area contributed by atoms with Gasteiger partial charge in [0.1, 0.15) is 11.3 Å². The number of carbonyl (C=O) groups excluding carboxylic acids is 1. The third-order valence-corrected chi connectivity index (χ3v) is 5.96. The summed E-state index contributed by atoms with van der Waals surface area (Å²) in [6, 6.07) is 17.2. The summed E-state index contributed by atoms with van der Waals surface area (Å²) in [5, 5.41) is 2.86. The number of nitrogens with one attached hydrogen (secondary N) is 1. The lowest BCUT2D eigenvalue weighted by atomic mass is 10.1. The van der Waals surface area contributed by atoms with Crippen molar-refractivity contribution in [3.05, 3.63) is 80.7 Å². The molecule has 32 heavy (non-hydrogen) atoms. The van der Waals surface area contributed by atoms with Crippen LogP contribution in [0.15, 0.2) is 74.0 Å². The number of hydrogen-bond acceptors (Lipinski definition) is 4. The van der Waals surface area contributed by atoms with E-state index in [0.29, 0.717) is 17.3 Å². The van der Waals surface area contributed by atoms with E-state index in [4.69, 9.17) is 9.15 Å². The monoisotopic (exact) mass is 554 g/mol. The molecule has 0 aliphatic carbocycles. The van der Waals surface area contributed by atoms with Gasteiger partial charge in [-0.25, -0.2) is 4.98 Å². The van der Waals surface area contributed by atoms with Gasteiger partial charge in [0.2, 0.25) is 11.8 Å². The van der Waals surface area contributed by atoms with Crippen molar-refractivity contribution in [3.8, 4) is 17.2 Å². The van der Waals surface area contributed by atoms with Gasteiger partial charge in [0.25, 0.3) is 0 Å². The van der Waals surface area contributed by atoms with E-state index in [1.54, 1.807) is 13.2 Å². The SMILES string of the molecule is CCc1ccc2oc(-c3ccc(NC(=O)/C=C/c4cc(Br)cc(Br)c4OC)cc3)nc2c1. The molecule has 1 aromatic heterocycles. The van der Waals surface area contributed by atoms with Crippen LogP contribution >= 0.6 is 31.9 Å². The number of oxazole rings is 1. The van der Waals surface area contributed by atoms with E-state index in [2.05, 4.69) is 49.1 Å². The fourth-order valence-corrected chi connectivity index (χ4v) is 4.70. The number of fused-ring (bicyclic) bond motifs is 1. The minimum Gasteiger partial charge on any atom is -0.495 e. The molecule has 4 rings (SSSR count). The molecule has 7 heteroatoms. The van der Waals surface area contributed by atoms with E-state index in [9.17, 15) is 4.79 Å². The molecular weight excluding hydrogens is 536 g/mol. The summed E-state index contributed by atoms with van der Waals surface area (Å²) in [7, 11) is 1.59. The molecular formula is C25H20Br2N2O3. The molecule has 0 bridgehead atoms. The molecule has 162 valence electrons. The summed E-state index contributed by atoms with van der Waals surface area (Å²) in [5.41, 5.74) is 5.12. The van der Waals surface area contributed by atoms with Crippen LogP contribution in [-0.2, 0) is 11.2 Å². The molecule has 3 aromatic carbocycles. The predicted molar refractivity (Wildman–Crippen MR) is 135 cm³/mol. The number of rotatable bonds is 6. The van der Waals surface area contributed by atoms with Crippen molar-refractivity contribution in [2.24, 2.45) is 0 Å². The van der Waals surface area contributed by atoms with Crippen molar-refractivity contribution >= 4 is 60.6 Å². The highest BCUT2D eigenvalue weighted by Crippen LogP contribution is 2.33. The number of ether oxygens (including phenoxy) is 1. The Hall–Kier alpha value is -2.90. The lowest BCUT2D eigenvalue weighted by Gasteiger charge is -2.08. The Morgan fingerprint density at radius 2 is 1.91 bits per heavy atom. The van der Waals surface area contributed by atoms with Crippen molar-refractivity contribution < 1.29 is 13.9 Å². The summed E-state index contributed by atoms with van der Waals surface area (Å²) in [6.45, 7) is 2.11. The minimum absolute atomic E-state index is 0.246. The van der Waals surface area contributed by atoms with Gasteiger partial charge in [-0.05, 0) is 82.5 Å². The maximum absolute atomic E-state index is 12.4. The molecule has 1 amide bonds. The molecule has 0 radical (unpaired) electrons. The number of nitrogens with zero attached hydrogens (tertiary/aromatic N) is 1. The number of aryl methyl sites for hydroxylation is 1. The fourth-order valence-electron chi connectivity index (χ4n) is 3.28. The lowest BCUT2D eigenvalue weighted by molar-refractivity contribution is -0.111. The van der Waals surface area contributed by atoms with Crippen molar-refractivity contribution in [3.63, 3.8) is 0 Å². The summed E-state index contributed by atoms with van der Waals surface area (Å²) < 4.78 is 13.0. The zero-order valence-electron chi connectivity index (χ0n) is 17.5. The van der Waals surface area contributed by atoms with Gasteiger partial charge in [-0.15, -0.1) is 0 Å². The van der Waals surface area contributed by atoms with Gasteiger partial charge in [-0.1, -0.05) is 28.9 Å². The van der Waals surface area contributed by atoms with Gasteiger partial charge >= 0.3 is 0 Å². The quantitative estimate of drug-likeness (QED) is 0.255. The first-order valence-electron chi connectivity index (χ1n) is 9.99. The highest BCUT2D eigenvalue weighted by molar-refractivity contribution is 9.11. The van der Waals surface area contributed by atoms with Crippen LogP contribution in [0.4, 0.5) is 5.69 Å². The third kappa shape index (κ3) is 4.95. The second kappa shape index (κ2) is 9.71. The summed E-state index contributed by atoms with van der Waals surface area (Å²) >= 11 is 6.91. The van der Waals surface area contributed by atoms with E-state index in [0.717, 1.165) is 37.6 Å². The van der Waals surface area contributed by atoms with E-state index in [-0.39, 0.29) is 5.91 Å². The second-order valence-corrected chi connectivity index (χ2v) is 8.85. The minimum atomic E-state index is -0.246. The fraction of sp³-hybridized carbons (Fsp3) is 0.120. The normalized spacial score (nSPS) is 11.2. The van der Waals surface area contributed by atoms with Gasteiger partial charge in [-0.2, -0.15) is 0 Å². The standard InChI is InChI=1S/C25H20Br2N2O3/c1-3-15-4-10-22-21(12-15)29-25(32-22)16-5-8-19(9-6-16)28-23(30)11-7-17-13-18(26)14-20(27)24(17)31-2/h4-14H,3H2,1-2H3,(H,28,30)/b11-7+. The number of benzene rings is 3. The third-order valence-electron chi connectivity index (χ3n) is 4.92. The second-order valence-electron chi connectivity index (χ2n) is 7.08. The molecule has 1 heterocycles. The van der Waals surface area contributed by atoms with Crippen molar-refractivity contribution in [1.82, 2.24) is 4.98 Å². The highest BCUT2D eigenvalue weighted by Gasteiger charge is 2.10. The predicted octanol–water partition coefficient (Wildman–Crippen LogP) is 7.24. The first-order chi connectivity index (χ1) is 15.5. The van der Waals surface area contributed by atoms with Crippen LogP contribution in [0.2, 0.25) is 0 Å². The molecule has 0 aliphatic heterocycles. The Morgan fingerprint density at radius 3 is 2.62 bits per heavy atom. The summed E-state index contributed by atoms with van der Waals surface area (Å²) in [6.07, 6.45) is 4.13. The van der Waals surface area contributed by atoms with Gasteiger partial charge < -0.3 is 14.5 Å². The van der Waals surface area contributed by atoms with E-state index < -0.39 is 0 Å². The zero-order valence-corrected chi connectivity index (χ0v) is 20.7. The van der Waals surface area contributed by atoms with Gasteiger partial charge in [-0.3, -0.25) is 4.79 Å². The largest absolute Gasteiger partial charge is 0.495 e. The number of anilines is 1. The van der Waals surface area contributed by atoms with Gasteiger partial charge in [0.15, 0.2) is 5.58 Å². The number of halogens is 2. The van der Waals surface area contributed by atoms with Crippen LogP contribution in [0.3, 0.4) is 0 Å². The number of methoxy groups -OCH3 is 1. The molecule has 0 atom stereocenters. The average Bonchev–Trinajstić information content (AvgIpc) is 3.21. The first-order valence-corrected chi connectivity index (χ1v) is 11.6. The molecule has 4 aromatic rings. The summed E-state index contributed by atoms with van der Waals surface area (Å²) in [5.74, 6) is 0.967. The van der Waals surface area contributed by atoms with Crippen LogP contribution in [0.1, 0.15) is 18.1 Å². The molecule has 0 saturated heterocycles. The van der Waals surface area contributed by atoms with Crippen LogP contribution in [-0.4, -0.2) is 18.0 Å². The van der Waals surface area contributed by atoms with E-state index in [1.165, 1.54) is 11.6 Å². The average molecular weight is 556 g/mol. The molecule has 5 nitrogen and oxygen atoms in total. The van der Waals surface area contributed by atoms with E-state index >= 15 is 0 Å².